The van der Waals surface area contributed by atoms with Crippen molar-refractivity contribution >= 4 is 22.4 Å². The fourth-order valence-corrected chi connectivity index (χ4v) is 2.98. The highest BCUT2D eigenvalue weighted by Crippen LogP contribution is 2.30. The van der Waals surface area contributed by atoms with Gasteiger partial charge in [0.2, 0.25) is 0 Å². The van der Waals surface area contributed by atoms with Gasteiger partial charge in [-0.3, -0.25) is 10.1 Å². The lowest BCUT2D eigenvalue weighted by atomic mass is 10.1. The van der Waals surface area contributed by atoms with E-state index in [9.17, 15) is 13.6 Å². The molecule has 116 valence electrons. The summed E-state index contributed by atoms with van der Waals surface area (Å²) in [6.07, 6.45) is 0. The minimum absolute atomic E-state index is 0.222. The lowest BCUT2D eigenvalue weighted by Gasteiger charge is -2.03. The molecule has 2 aromatic carbocycles. The number of aromatic nitrogens is 1. The van der Waals surface area contributed by atoms with Gasteiger partial charge in [0.25, 0.3) is 5.91 Å². The van der Waals surface area contributed by atoms with E-state index in [2.05, 4.69) is 10.3 Å². The van der Waals surface area contributed by atoms with E-state index >= 15 is 0 Å². The summed E-state index contributed by atoms with van der Waals surface area (Å²) in [5.74, 6) is -2.29. The van der Waals surface area contributed by atoms with Gasteiger partial charge in [-0.15, -0.1) is 11.3 Å². The Labute approximate surface area is 135 Å². The number of thiazole rings is 1. The number of hydrogen-bond acceptors (Lipinski definition) is 3. The van der Waals surface area contributed by atoms with Crippen molar-refractivity contribution in [2.75, 3.05) is 5.32 Å². The zero-order valence-electron chi connectivity index (χ0n) is 12.1. The summed E-state index contributed by atoms with van der Waals surface area (Å²) in [5.41, 5.74) is 1.49. The monoisotopic (exact) mass is 330 g/mol. The highest BCUT2D eigenvalue weighted by molar-refractivity contribution is 7.16. The van der Waals surface area contributed by atoms with Gasteiger partial charge in [0.1, 0.15) is 11.6 Å². The number of hydrogen-bond donors (Lipinski definition) is 1. The molecule has 0 fully saturated rings. The van der Waals surface area contributed by atoms with Gasteiger partial charge in [-0.1, -0.05) is 30.3 Å². The molecule has 3 aromatic rings. The molecule has 1 N–H and O–H groups in total. The average Bonchev–Trinajstić information content (AvgIpc) is 2.88. The van der Waals surface area contributed by atoms with E-state index in [4.69, 9.17) is 0 Å². The summed E-state index contributed by atoms with van der Waals surface area (Å²) in [6, 6.07) is 12.4. The quantitative estimate of drug-likeness (QED) is 0.759. The molecule has 23 heavy (non-hydrogen) atoms. The number of carbonyl (C=O) groups is 1. The molecule has 0 unspecified atom stereocenters. The predicted molar refractivity (Wildman–Crippen MR) is 86.6 cm³/mol. The lowest BCUT2D eigenvalue weighted by molar-refractivity contribution is 0.102. The zero-order valence-corrected chi connectivity index (χ0v) is 13.0. The Morgan fingerprint density at radius 1 is 1.13 bits per heavy atom. The summed E-state index contributed by atoms with van der Waals surface area (Å²) in [7, 11) is 0. The number of benzene rings is 2. The maximum Gasteiger partial charge on any atom is 0.260 e. The van der Waals surface area contributed by atoms with Crippen molar-refractivity contribution in [1.82, 2.24) is 4.98 Å². The van der Waals surface area contributed by atoms with E-state index in [0.717, 1.165) is 28.3 Å². The number of amides is 1. The zero-order chi connectivity index (χ0) is 16.4. The van der Waals surface area contributed by atoms with Crippen molar-refractivity contribution in [3.63, 3.8) is 0 Å². The third kappa shape index (κ3) is 3.27. The van der Waals surface area contributed by atoms with Crippen LogP contribution in [0.15, 0.2) is 48.5 Å². The SMILES string of the molecule is Cc1sc(NC(=O)c2ccc(F)cc2F)nc1-c1ccccc1. The van der Waals surface area contributed by atoms with E-state index in [0.29, 0.717) is 11.2 Å². The molecule has 6 heteroatoms. The summed E-state index contributed by atoms with van der Waals surface area (Å²) in [4.78, 5) is 17.4. The number of nitrogens with one attached hydrogen (secondary N) is 1. The number of nitrogens with zero attached hydrogens (tertiary/aromatic N) is 1. The molecule has 0 aliphatic carbocycles. The molecule has 0 radical (unpaired) electrons. The largest absolute Gasteiger partial charge is 0.298 e. The fourth-order valence-electron chi connectivity index (χ4n) is 2.15. The molecule has 0 atom stereocenters. The van der Waals surface area contributed by atoms with Crippen molar-refractivity contribution < 1.29 is 13.6 Å². The van der Waals surface area contributed by atoms with Gasteiger partial charge in [-0.2, -0.15) is 0 Å². The second-order valence-electron chi connectivity index (χ2n) is 4.87. The molecule has 0 spiro atoms. The maximum atomic E-state index is 13.6. The summed E-state index contributed by atoms with van der Waals surface area (Å²) in [5, 5.41) is 2.93. The van der Waals surface area contributed by atoms with Crippen molar-refractivity contribution in [2.24, 2.45) is 0 Å². The van der Waals surface area contributed by atoms with Crippen LogP contribution in [0, 0.1) is 18.6 Å². The first-order valence-corrected chi connectivity index (χ1v) is 7.65. The van der Waals surface area contributed by atoms with Crippen LogP contribution in [-0.2, 0) is 0 Å². The molecule has 0 aliphatic rings. The Balaban J connectivity index is 1.85. The van der Waals surface area contributed by atoms with Gasteiger partial charge in [0.15, 0.2) is 5.13 Å². The molecule has 0 bridgehead atoms. The van der Waals surface area contributed by atoms with E-state index < -0.39 is 17.5 Å². The van der Waals surface area contributed by atoms with Gasteiger partial charge in [-0.25, -0.2) is 13.8 Å². The Kier molecular flexibility index (Phi) is 4.16. The van der Waals surface area contributed by atoms with Crippen LogP contribution in [0.2, 0.25) is 0 Å². The van der Waals surface area contributed by atoms with Crippen molar-refractivity contribution in [3.05, 3.63) is 70.6 Å². The normalized spacial score (nSPS) is 10.6. The van der Waals surface area contributed by atoms with Crippen LogP contribution in [0.4, 0.5) is 13.9 Å². The smallest absolute Gasteiger partial charge is 0.260 e. The summed E-state index contributed by atoms with van der Waals surface area (Å²) in [6.45, 7) is 1.90. The molecule has 0 saturated heterocycles. The summed E-state index contributed by atoms with van der Waals surface area (Å²) < 4.78 is 26.5. The number of carbonyl (C=O) groups excluding carboxylic acids is 1. The van der Waals surface area contributed by atoms with Gasteiger partial charge < -0.3 is 0 Å². The number of aryl methyl sites for hydroxylation is 1. The number of anilines is 1. The highest BCUT2D eigenvalue weighted by Gasteiger charge is 2.16. The first-order chi connectivity index (χ1) is 11.0. The van der Waals surface area contributed by atoms with Gasteiger partial charge in [0.05, 0.1) is 11.3 Å². The first kappa shape index (κ1) is 15.3. The van der Waals surface area contributed by atoms with E-state index in [1.54, 1.807) is 0 Å². The highest BCUT2D eigenvalue weighted by atomic mass is 32.1. The minimum atomic E-state index is -0.904. The lowest BCUT2D eigenvalue weighted by Crippen LogP contribution is -2.13. The predicted octanol–water partition coefficient (Wildman–Crippen LogP) is 4.65. The standard InChI is InChI=1S/C17H12F2N2OS/c1-10-15(11-5-3-2-4-6-11)20-17(23-10)21-16(22)13-8-7-12(18)9-14(13)19/h2-9H,1H3,(H,20,21,22). The second kappa shape index (κ2) is 6.26. The van der Waals surface area contributed by atoms with Gasteiger partial charge in [0, 0.05) is 16.5 Å². The topological polar surface area (TPSA) is 42.0 Å². The average molecular weight is 330 g/mol. The van der Waals surface area contributed by atoms with E-state index in [1.165, 1.54) is 11.3 Å². The van der Waals surface area contributed by atoms with Crippen LogP contribution in [0.1, 0.15) is 15.2 Å². The van der Waals surface area contributed by atoms with E-state index in [-0.39, 0.29) is 5.56 Å². The second-order valence-corrected chi connectivity index (χ2v) is 6.07. The Morgan fingerprint density at radius 3 is 2.57 bits per heavy atom. The fraction of sp³-hybridized carbons (Fsp3) is 0.0588. The molecule has 1 heterocycles. The number of rotatable bonds is 3. The molecule has 1 amide bonds. The molecular weight excluding hydrogens is 318 g/mol. The first-order valence-electron chi connectivity index (χ1n) is 6.84. The molecule has 3 nitrogen and oxygen atoms in total. The van der Waals surface area contributed by atoms with Gasteiger partial charge >= 0.3 is 0 Å². The van der Waals surface area contributed by atoms with Crippen molar-refractivity contribution in [2.45, 2.75) is 6.92 Å². The maximum absolute atomic E-state index is 13.6. The van der Waals surface area contributed by atoms with Crippen LogP contribution in [0.25, 0.3) is 11.3 Å². The molecule has 1 aromatic heterocycles. The van der Waals surface area contributed by atoms with E-state index in [1.807, 2.05) is 37.3 Å². The molecule has 3 rings (SSSR count). The van der Waals surface area contributed by atoms with Crippen LogP contribution in [-0.4, -0.2) is 10.9 Å². The third-order valence-electron chi connectivity index (χ3n) is 3.24. The van der Waals surface area contributed by atoms with Crippen LogP contribution in [0.5, 0.6) is 0 Å². The number of halogens is 2. The Hall–Kier alpha value is -2.60. The molecular formula is C17H12F2N2OS. The van der Waals surface area contributed by atoms with Crippen LogP contribution >= 0.6 is 11.3 Å². The Bertz CT molecular complexity index is 862. The van der Waals surface area contributed by atoms with Crippen LogP contribution in [0.3, 0.4) is 0 Å². The minimum Gasteiger partial charge on any atom is -0.298 e. The van der Waals surface area contributed by atoms with Crippen molar-refractivity contribution in [3.8, 4) is 11.3 Å². The summed E-state index contributed by atoms with van der Waals surface area (Å²) >= 11 is 1.30. The molecule has 0 aliphatic heterocycles. The van der Waals surface area contributed by atoms with Crippen LogP contribution < -0.4 is 5.32 Å². The molecule has 0 saturated carbocycles. The van der Waals surface area contributed by atoms with Crippen molar-refractivity contribution in [1.29, 1.82) is 0 Å². The Morgan fingerprint density at radius 2 is 1.87 bits per heavy atom. The van der Waals surface area contributed by atoms with Gasteiger partial charge in [-0.05, 0) is 19.1 Å². The third-order valence-corrected chi connectivity index (χ3v) is 4.13.